The summed E-state index contributed by atoms with van der Waals surface area (Å²) in [6, 6.07) is 17.4. The maximum Gasteiger partial charge on any atom is 0.228 e. The Bertz CT molecular complexity index is 721. The number of hydrogen-bond donors (Lipinski definition) is 1. The molecule has 1 aliphatic rings. The molecule has 0 heterocycles. The van der Waals surface area contributed by atoms with Crippen molar-refractivity contribution in [3.05, 3.63) is 64.1 Å². The molecular weight excluding hydrogens is 328 g/mol. The molecule has 21 heavy (non-hydrogen) atoms. The summed E-state index contributed by atoms with van der Waals surface area (Å²) >= 11 is 3.32. The van der Waals surface area contributed by atoms with Crippen LogP contribution in [0.4, 0.5) is 5.69 Å². The van der Waals surface area contributed by atoms with Crippen molar-refractivity contribution in [2.45, 2.75) is 12.3 Å². The van der Waals surface area contributed by atoms with Crippen LogP contribution in [-0.4, -0.2) is 5.91 Å². The highest BCUT2D eigenvalue weighted by atomic mass is 79.9. The van der Waals surface area contributed by atoms with E-state index in [0.29, 0.717) is 17.2 Å². The molecule has 0 aromatic heterocycles. The number of rotatable bonds is 3. The molecule has 3 rings (SSSR count). The van der Waals surface area contributed by atoms with E-state index in [4.69, 9.17) is 5.26 Å². The average molecular weight is 341 g/mol. The number of anilines is 1. The highest BCUT2D eigenvalue weighted by molar-refractivity contribution is 9.10. The first-order chi connectivity index (χ1) is 10.2. The summed E-state index contributed by atoms with van der Waals surface area (Å²) < 4.78 is 0.825. The molecule has 1 aliphatic carbocycles. The predicted molar refractivity (Wildman–Crippen MR) is 84.8 cm³/mol. The normalized spacial score (nSPS) is 19.6. The van der Waals surface area contributed by atoms with Gasteiger partial charge in [-0.15, -0.1) is 0 Å². The lowest BCUT2D eigenvalue weighted by Gasteiger charge is -2.07. The number of carbonyl (C=O) groups excluding carboxylic acids is 1. The van der Waals surface area contributed by atoms with Gasteiger partial charge in [0.2, 0.25) is 5.91 Å². The van der Waals surface area contributed by atoms with Crippen LogP contribution in [0.5, 0.6) is 0 Å². The number of amides is 1. The minimum atomic E-state index is -0.0114. The van der Waals surface area contributed by atoms with Gasteiger partial charge in [0, 0.05) is 10.4 Å². The van der Waals surface area contributed by atoms with Gasteiger partial charge in [-0.25, -0.2) is 0 Å². The van der Waals surface area contributed by atoms with Crippen LogP contribution in [0.25, 0.3) is 0 Å². The quantitative estimate of drug-likeness (QED) is 0.915. The number of nitriles is 1. The van der Waals surface area contributed by atoms with Crippen molar-refractivity contribution in [1.82, 2.24) is 0 Å². The Morgan fingerprint density at radius 2 is 2.00 bits per heavy atom. The van der Waals surface area contributed by atoms with Crippen LogP contribution in [0.2, 0.25) is 0 Å². The van der Waals surface area contributed by atoms with Crippen LogP contribution in [-0.2, 0) is 4.79 Å². The molecule has 2 unspecified atom stereocenters. The lowest BCUT2D eigenvalue weighted by Crippen LogP contribution is -2.15. The molecule has 0 spiro atoms. The van der Waals surface area contributed by atoms with Gasteiger partial charge < -0.3 is 5.32 Å². The Labute approximate surface area is 131 Å². The molecule has 1 saturated carbocycles. The van der Waals surface area contributed by atoms with E-state index in [1.54, 1.807) is 12.1 Å². The predicted octanol–water partition coefficient (Wildman–Crippen LogP) is 4.06. The summed E-state index contributed by atoms with van der Waals surface area (Å²) in [5, 5.41) is 12.0. The third-order valence-electron chi connectivity index (χ3n) is 3.71. The van der Waals surface area contributed by atoms with E-state index in [0.717, 1.165) is 10.9 Å². The molecule has 1 N–H and O–H groups in total. The fourth-order valence-electron chi connectivity index (χ4n) is 2.50. The van der Waals surface area contributed by atoms with E-state index >= 15 is 0 Å². The molecule has 3 nitrogen and oxygen atoms in total. The van der Waals surface area contributed by atoms with E-state index in [2.05, 4.69) is 39.4 Å². The Balaban J connectivity index is 1.70. The standard InChI is InChI=1S/C17H13BrN2O/c18-13-6-7-16(12(8-13)10-19)20-17(21)15-9-14(15)11-4-2-1-3-5-11/h1-8,14-15H,9H2,(H,20,21). The Hall–Kier alpha value is -2.12. The number of carbonyl (C=O) groups is 1. The zero-order valence-corrected chi connectivity index (χ0v) is 12.8. The molecule has 0 saturated heterocycles. The van der Waals surface area contributed by atoms with Crippen LogP contribution in [0.1, 0.15) is 23.5 Å². The van der Waals surface area contributed by atoms with Gasteiger partial charge in [0.05, 0.1) is 11.3 Å². The maximum atomic E-state index is 12.3. The second-order valence-corrected chi connectivity index (χ2v) is 6.07. The number of nitrogens with one attached hydrogen (secondary N) is 1. The topological polar surface area (TPSA) is 52.9 Å². The molecule has 104 valence electrons. The summed E-state index contributed by atoms with van der Waals surface area (Å²) in [6.07, 6.45) is 0.869. The Morgan fingerprint density at radius 1 is 1.24 bits per heavy atom. The summed E-state index contributed by atoms with van der Waals surface area (Å²) in [7, 11) is 0. The second-order valence-electron chi connectivity index (χ2n) is 5.15. The summed E-state index contributed by atoms with van der Waals surface area (Å²) in [5.41, 5.74) is 2.24. The number of nitrogens with zero attached hydrogens (tertiary/aromatic N) is 1. The highest BCUT2D eigenvalue weighted by Gasteiger charge is 2.43. The Morgan fingerprint density at radius 3 is 2.71 bits per heavy atom. The first-order valence-electron chi connectivity index (χ1n) is 6.74. The maximum absolute atomic E-state index is 12.3. The monoisotopic (exact) mass is 340 g/mol. The fraction of sp³-hybridized carbons (Fsp3) is 0.176. The van der Waals surface area contributed by atoms with Crippen LogP contribution in [0, 0.1) is 17.2 Å². The van der Waals surface area contributed by atoms with Crippen molar-refractivity contribution in [2.75, 3.05) is 5.32 Å². The van der Waals surface area contributed by atoms with Crippen molar-refractivity contribution in [3.8, 4) is 6.07 Å². The SMILES string of the molecule is N#Cc1cc(Br)ccc1NC(=O)C1CC1c1ccccc1. The van der Waals surface area contributed by atoms with Gasteiger partial charge in [-0.3, -0.25) is 4.79 Å². The van der Waals surface area contributed by atoms with Gasteiger partial charge in [-0.1, -0.05) is 46.3 Å². The molecule has 1 fully saturated rings. The van der Waals surface area contributed by atoms with Gasteiger partial charge >= 0.3 is 0 Å². The fourth-order valence-corrected chi connectivity index (χ4v) is 2.86. The lowest BCUT2D eigenvalue weighted by atomic mass is 10.1. The van der Waals surface area contributed by atoms with Gasteiger partial charge in [-0.05, 0) is 36.1 Å². The molecule has 2 atom stereocenters. The van der Waals surface area contributed by atoms with Crippen molar-refractivity contribution in [1.29, 1.82) is 5.26 Å². The summed E-state index contributed by atoms with van der Waals surface area (Å²) in [5.74, 6) is 0.289. The van der Waals surface area contributed by atoms with E-state index in [9.17, 15) is 4.79 Å². The third kappa shape index (κ3) is 2.98. The highest BCUT2D eigenvalue weighted by Crippen LogP contribution is 2.47. The van der Waals surface area contributed by atoms with Crippen molar-refractivity contribution >= 4 is 27.5 Å². The summed E-state index contributed by atoms with van der Waals surface area (Å²) in [6.45, 7) is 0. The first kappa shape index (κ1) is 13.8. The minimum Gasteiger partial charge on any atom is -0.325 e. The van der Waals surface area contributed by atoms with Crippen molar-refractivity contribution in [2.24, 2.45) is 5.92 Å². The van der Waals surface area contributed by atoms with Crippen molar-refractivity contribution in [3.63, 3.8) is 0 Å². The van der Waals surface area contributed by atoms with Crippen LogP contribution in [0.15, 0.2) is 53.0 Å². The molecule has 1 amide bonds. The first-order valence-corrected chi connectivity index (χ1v) is 7.54. The van der Waals surface area contributed by atoms with E-state index < -0.39 is 0 Å². The second kappa shape index (κ2) is 5.71. The smallest absolute Gasteiger partial charge is 0.228 e. The number of hydrogen-bond acceptors (Lipinski definition) is 2. The number of halogens is 1. The van der Waals surface area contributed by atoms with Crippen LogP contribution < -0.4 is 5.32 Å². The van der Waals surface area contributed by atoms with Crippen molar-refractivity contribution < 1.29 is 4.79 Å². The Kier molecular flexibility index (Phi) is 3.76. The molecular formula is C17H13BrN2O. The molecule has 4 heteroatoms. The van der Waals surface area contributed by atoms with Crippen LogP contribution >= 0.6 is 15.9 Å². The molecule has 0 radical (unpaired) electrons. The van der Waals surface area contributed by atoms with E-state index in [1.165, 1.54) is 5.56 Å². The molecule has 2 aromatic rings. The number of benzene rings is 2. The van der Waals surface area contributed by atoms with Crippen LogP contribution in [0.3, 0.4) is 0 Å². The zero-order chi connectivity index (χ0) is 14.8. The van der Waals surface area contributed by atoms with Gasteiger partial charge in [0.15, 0.2) is 0 Å². The summed E-state index contributed by atoms with van der Waals surface area (Å²) in [4.78, 5) is 12.3. The lowest BCUT2D eigenvalue weighted by molar-refractivity contribution is -0.117. The third-order valence-corrected chi connectivity index (χ3v) is 4.21. The van der Waals surface area contributed by atoms with Gasteiger partial charge in [0.25, 0.3) is 0 Å². The van der Waals surface area contributed by atoms with Gasteiger partial charge in [0.1, 0.15) is 6.07 Å². The molecule has 2 aromatic carbocycles. The molecule has 0 bridgehead atoms. The van der Waals surface area contributed by atoms with E-state index in [1.807, 2.05) is 24.3 Å². The van der Waals surface area contributed by atoms with Gasteiger partial charge in [-0.2, -0.15) is 5.26 Å². The van der Waals surface area contributed by atoms with E-state index in [-0.39, 0.29) is 11.8 Å². The average Bonchev–Trinajstić information content (AvgIpc) is 3.30. The minimum absolute atomic E-state index is 0.00240. The molecule has 0 aliphatic heterocycles. The largest absolute Gasteiger partial charge is 0.325 e. The zero-order valence-electron chi connectivity index (χ0n) is 11.2.